The van der Waals surface area contributed by atoms with Crippen LogP contribution in [0.25, 0.3) is 0 Å². The van der Waals surface area contributed by atoms with Crippen LogP contribution in [-0.2, 0) is 10.0 Å². The number of piperidine rings is 1. The average molecular weight is 430 g/mol. The lowest BCUT2D eigenvalue weighted by Crippen LogP contribution is -2.42. The highest BCUT2D eigenvalue weighted by molar-refractivity contribution is 7.89. The van der Waals surface area contributed by atoms with Crippen LogP contribution in [-0.4, -0.2) is 45.4 Å². The molecule has 0 saturated carbocycles. The average Bonchev–Trinajstić information content (AvgIpc) is 2.69. The number of anilines is 1. The standard InChI is InChI=1S/C23H31N3O3S/c1-16-7-5-6-8-21(16)23(27)24-22-10-9-20(15-17(22)2)30(28,29)25-18(3)19-11-13-26(4)14-12-19/h5-10,15,18-19,25H,11-14H2,1-4H3,(H,24,27)/t18-/m0/s1. The van der Waals surface area contributed by atoms with E-state index in [1.807, 2.05) is 32.0 Å². The normalized spacial score (nSPS) is 16.9. The van der Waals surface area contributed by atoms with Crippen molar-refractivity contribution < 1.29 is 13.2 Å². The van der Waals surface area contributed by atoms with E-state index in [2.05, 4.69) is 22.0 Å². The maximum Gasteiger partial charge on any atom is 0.255 e. The van der Waals surface area contributed by atoms with Gasteiger partial charge in [0.15, 0.2) is 0 Å². The number of hydrogen-bond acceptors (Lipinski definition) is 4. The number of carbonyl (C=O) groups excluding carboxylic acids is 1. The van der Waals surface area contributed by atoms with Crippen molar-refractivity contribution in [2.24, 2.45) is 5.92 Å². The zero-order valence-electron chi connectivity index (χ0n) is 18.1. The minimum Gasteiger partial charge on any atom is -0.322 e. The van der Waals surface area contributed by atoms with Gasteiger partial charge in [0.05, 0.1) is 4.90 Å². The molecule has 2 aromatic carbocycles. The minimum absolute atomic E-state index is 0.121. The lowest BCUT2D eigenvalue weighted by atomic mass is 9.91. The van der Waals surface area contributed by atoms with Crippen molar-refractivity contribution in [3.05, 3.63) is 59.2 Å². The Kier molecular flexibility index (Phi) is 6.95. The number of aryl methyl sites for hydroxylation is 2. The van der Waals surface area contributed by atoms with Crippen molar-refractivity contribution in [2.75, 3.05) is 25.5 Å². The molecule has 1 saturated heterocycles. The van der Waals surface area contributed by atoms with Crippen LogP contribution in [0.3, 0.4) is 0 Å². The van der Waals surface area contributed by atoms with E-state index in [1.54, 1.807) is 31.2 Å². The number of carbonyl (C=O) groups is 1. The fourth-order valence-electron chi connectivity index (χ4n) is 3.90. The lowest BCUT2D eigenvalue weighted by Gasteiger charge is -2.32. The summed E-state index contributed by atoms with van der Waals surface area (Å²) in [4.78, 5) is 15.1. The Morgan fingerprint density at radius 1 is 1.07 bits per heavy atom. The number of amides is 1. The topological polar surface area (TPSA) is 78.5 Å². The van der Waals surface area contributed by atoms with Crippen LogP contribution in [0.4, 0.5) is 5.69 Å². The second-order valence-corrected chi connectivity index (χ2v) is 10.0. The van der Waals surface area contributed by atoms with Crippen LogP contribution in [0.2, 0.25) is 0 Å². The van der Waals surface area contributed by atoms with Gasteiger partial charge in [-0.1, -0.05) is 18.2 Å². The zero-order valence-corrected chi connectivity index (χ0v) is 18.9. The van der Waals surface area contributed by atoms with E-state index < -0.39 is 10.0 Å². The van der Waals surface area contributed by atoms with Crippen molar-refractivity contribution in [3.8, 4) is 0 Å². The fourth-order valence-corrected chi connectivity index (χ4v) is 5.30. The van der Waals surface area contributed by atoms with Gasteiger partial charge in [0, 0.05) is 17.3 Å². The molecule has 1 aliphatic heterocycles. The summed E-state index contributed by atoms with van der Waals surface area (Å²) >= 11 is 0. The summed E-state index contributed by atoms with van der Waals surface area (Å²) in [5.41, 5.74) is 2.79. The highest BCUT2D eigenvalue weighted by Gasteiger charge is 2.26. The molecule has 6 nitrogen and oxygen atoms in total. The number of benzene rings is 2. The van der Waals surface area contributed by atoms with Gasteiger partial charge in [-0.2, -0.15) is 0 Å². The SMILES string of the molecule is Cc1cc(S(=O)(=O)N[C@@H](C)C2CCN(C)CC2)ccc1NC(=O)c1ccccc1C. The Morgan fingerprint density at radius 2 is 1.73 bits per heavy atom. The highest BCUT2D eigenvalue weighted by Crippen LogP contribution is 2.24. The molecule has 3 rings (SSSR count). The largest absolute Gasteiger partial charge is 0.322 e. The number of nitrogens with one attached hydrogen (secondary N) is 2. The monoisotopic (exact) mass is 429 g/mol. The molecule has 162 valence electrons. The van der Waals surface area contributed by atoms with Crippen molar-refractivity contribution in [1.29, 1.82) is 0 Å². The van der Waals surface area contributed by atoms with Gasteiger partial charge < -0.3 is 10.2 Å². The summed E-state index contributed by atoms with van der Waals surface area (Å²) in [6, 6.07) is 12.0. The molecule has 1 heterocycles. The quantitative estimate of drug-likeness (QED) is 0.736. The molecule has 0 unspecified atom stereocenters. The van der Waals surface area contributed by atoms with E-state index in [0.29, 0.717) is 22.7 Å². The van der Waals surface area contributed by atoms with Gasteiger partial charge in [0.1, 0.15) is 0 Å². The summed E-state index contributed by atoms with van der Waals surface area (Å²) in [7, 11) is -1.53. The first-order chi connectivity index (χ1) is 14.2. The molecule has 1 atom stereocenters. The van der Waals surface area contributed by atoms with E-state index in [9.17, 15) is 13.2 Å². The van der Waals surface area contributed by atoms with Crippen molar-refractivity contribution in [2.45, 2.75) is 44.6 Å². The third-order valence-corrected chi connectivity index (χ3v) is 7.51. The minimum atomic E-state index is -3.63. The molecule has 0 radical (unpaired) electrons. The van der Waals surface area contributed by atoms with E-state index in [0.717, 1.165) is 31.5 Å². The summed E-state index contributed by atoms with van der Waals surface area (Å²) < 4.78 is 28.6. The number of sulfonamides is 1. The Morgan fingerprint density at radius 3 is 2.37 bits per heavy atom. The Bertz CT molecular complexity index is 1010. The molecule has 0 aliphatic carbocycles. The third-order valence-electron chi connectivity index (χ3n) is 5.96. The summed E-state index contributed by atoms with van der Waals surface area (Å²) in [5.74, 6) is 0.130. The first-order valence-corrected chi connectivity index (χ1v) is 11.8. The maximum absolute atomic E-state index is 12.9. The molecule has 0 bridgehead atoms. The van der Waals surface area contributed by atoms with Gasteiger partial charge in [-0.15, -0.1) is 0 Å². The summed E-state index contributed by atoms with van der Waals surface area (Å²) in [5, 5.41) is 2.88. The van der Waals surface area contributed by atoms with Gasteiger partial charge in [-0.05, 0) is 95.1 Å². The van der Waals surface area contributed by atoms with Crippen LogP contribution in [0.15, 0.2) is 47.4 Å². The first kappa shape index (κ1) is 22.5. The molecule has 0 spiro atoms. The van der Waals surface area contributed by atoms with Crippen LogP contribution >= 0.6 is 0 Å². The third kappa shape index (κ3) is 5.28. The van der Waals surface area contributed by atoms with Crippen molar-refractivity contribution >= 4 is 21.6 Å². The molecule has 1 fully saturated rings. The molecule has 0 aromatic heterocycles. The predicted molar refractivity (Wildman–Crippen MR) is 120 cm³/mol. The van der Waals surface area contributed by atoms with Crippen LogP contribution < -0.4 is 10.0 Å². The molecular weight excluding hydrogens is 398 g/mol. The maximum atomic E-state index is 12.9. The molecular formula is C23H31N3O3S. The highest BCUT2D eigenvalue weighted by atomic mass is 32.2. The Balaban J connectivity index is 1.70. The van der Waals surface area contributed by atoms with E-state index >= 15 is 0 Å². The van der Waals surface area contributed by atoms with E-state index in [4.69, 9.17) is 0 Å². The lowest BCUT2D eigenvalue weighted by molar-refractivity contribution is 0.102. The fraction of sp³-hybridized carbons (Fsp3) is 0.435. The molecule has 2 aromatic rings. The number of hydrogen-bond donors (Lipinski definition) is 2. The van der Waals surface area contributed by atoms with Gasteiger partial charge in [-0.3, -0.25) is 4.79 Å². The van der Waals surface area contributed by atoms with E-state index in [1.165, 1.54) is 0 Å². The molecule has 7 heteroatoms. The van der Waals surface area contributed by atoms with Crippen molar-refractivity contribution in [3.63, 3.8) is 0 Å². The van der Waals surface area contributed by atoms with Gasteiger partial charge >= 0.3 is 0 Å². The van der Waals surface area contributed by atoms with Gasteiger partial charge in [0.25, 0.3) is 5.91 Å². The van der Waals surface area contributed by atoms with E-state index in [-0.39, 0.29) is 16.8 Å². The molecule has 30 heavy (non-hydrogen) atoms. The predicted octanol–water partition coefficient (Wildman–Crippen LogP) is 3.56. The van der Waals surface area contributed by atoms with Crippen molar-refractivity contribution in [1.82, 2.24) is 9.62 Å². The van der Waals surface area contributed by atoms with Crippen LogP contribution in [0.5, 0.6) is 0 Å². The molecule has 1 amide bonds. The Labute approximate surface area is 179 Å². The van der Waals surface area contributed by atoms with Gasteiger partial charge in [-0.25, -0.2) is 13.1 Å². The zero-order chi connectivity index (χ0) is 21.9. The Hall–Kier alpha value is -2.22. The second-order valence-electron chi connectivity index (χ2n) is 8.30. The van der Waals surface area contributed by atoms with Crippen LogP contribution in [0, 0.1) is 19.8 Å². The number of nitrogens with zero attached hydrogens (tertiary/aromatic N) is 1. The number of rotatable bonds is 6. The molecule has 1 aliphatic rings. The molecule has 2 N–H and O–H groups in total. The van der Waals surface area contributed by atoms with Crippen LogP contribution in [0.1, 0.15) is 41.3 Å². The number of likely N-dealkylation sites (tertiary alicyclic amines) is 1. The first-order valence-electron chi connectivity index (χ1n) is 10.4. The summed E-state index contributed by atoms with van der Waals surface area (Å²) in [6.07, 6.45) is 1.98. The van der Waals surface area contributed by atoms with Gasteiger partial charge in [0.2, 0.25) is 10.0 Å². The smallest absolute Gasteiger partial charge is 0.255 e. The summed E-state index contributed by atoms with van der Waals surface area (Å²) in [6.45, 7) is 7.61. The second kappa shape index (κ2) is 9.29.